The smallest absolute Gasteiger partial charge is 0.258 e. The van der Waals surface area contributed by atoms with Gasteiger partial charge in [-0.05, 0) is 56.6 Å². The first-order valence-electron chi connectivity index (χ1n) is 12.1. The van der Waals surface area contributed by atoms with Gasteiger partial charge in [-0.1, -0.05) is 24.3 Å². The highest BCUT2D eigenvalue weighted by molar-refractivity contribution is 7.16. The molecule has 2 amide bonds. The van der Waals surface area contributed by atoms with Crippen LogP contribution in [-0.4, -0.2) is 72.9 Å². The highest BCUT2D eigenvalue weighted by atomic mass is 32.1. The third kappa shape index (κ3) is 5.00. The average Bonchev–Trinajstić information content (AvgIpc) is 3.43. The molecule has 0 bridgehead atoms. The number of fused-ring (bicyclic) bond motifs is 1. The van der Waals surface area contributed by atoms with Crippen molar-refractivity contribution in [3.05, 3.63) is 64.0 Å². The standard InChI is InChI=1S/C27H31N5O2S/c1-18-6-4-5-7-22(18)26(34)32-11-10-20-16-21(8-9-23(20)32)25-19(2)35-27(29-25)28-24(33)17-31-14-12-30(3)13-15-31/h4-9,16H,10-15,17H2,1-3H3,(H,28,29,33). The fraction of sp³-hybridized carbons (Fsp3) is 0.370. The second-order valence-corrected chi connectivity index (χ2v) is 10.6. The van der Waals surface area contributed by atoms with E-state index in [2.05, 4.69) is 28.2 Å². The maximum absolute atomic E-state index is 13.2. The van der Waals surface area contributed by atoms with Crippen LogP contribution in [0, 0.1) is 13.8 Å². The summed E-state index contributed by atoms with van der Waals surface area (Å²) < 4.78 is 0. The van der Waals surface area contributed by atoms with E-state index in [1.165, 1.54) is 11.3 Å². The van der Waals surface area contributed by atoms with Gasteiger partial charge in [-0.3, -0.25) is 14.5 Å². The normalized spacial score (nSPS) is 16.4. The Morgan fingerprint density at radius 3 is 2.57 bits per heavy atom. The van der Waals surface area contributed by atoms with E-state index in [1.807, 2.05) is 55.1 Å². The monoisotopic (exact) mass is 489 g/mol. The summed E-state index contributed by atoms with van der Waals surface area (Å²) in [5.74, 6) is 0.0268. The van der Waals surface area contributed by atoms with E-state index in [0.717, 1.165) is 71.1 Å². The van der Waals surface area contributed by atoms with E-state index in [1.54, 1.807) is 0 Å². The minimum absolute atomic E-state index is 0.0193. The number of aryl methyl sites for hydroxylation is 2. The Morgan fingerprint density at radius 2 is 1.80 bits per heavy atom. The van der Waals surface area contributed by atoms with Crippen molar-refractivity contribution in [1.29, 1.82) is 0 Å². The molecule has 1 fully saturated rings. The molecule has 3 heterocycles. The number of carbonyl (C=O) groups is 2. The number of nitrogens with one attached hydrogen (secondary N) is 1. The molecule has 1 aromatic heterocycles. The van der Waals surface area contributed by atoms with Crippen LogP contribution in [0.15, 0.2) is 42.5 Å². The topological polar surface area (TPSA) is 68.8 Å². The first-order valence-corrected chi connectivity index (χ1v) is 12.9. The minimum Gasteiger partial charge on any atom is -0.308 e. The third-order valence-electron chi connectivity index (χ3n) is 6.88. The molecule has 2 aliphatic heterocycles. The Balaban J connectivity index is 1.29. The van der Waals surface area contributed by atoms with E-state index >= 15 is 0 Å². The Hall–Kier alpha value is -3.07. The molecule has 3 aromatic rings. The summed E-state index contributed by atoms with van der Waals surface area (Å²) in [5, 5.41) is 3.62. The highest BCUT2D eigenvalue weighted by Gasteiger charge is 2.27. The van der Waals surface area contributed by atoms with Gasteiger partial charge < -0.3 is 15.1 Å². The van der Waals surface area contributed by atoms with Crippen molar-refractivity contribution in [1.82, 2.24) is 14.8 Å². The SMILES string of the molecule is Cc1ccccc1C(=O)N1CCc2cc(-c3nc(NC(=O)CN4CCN(C)CC4)sc3C)ccc21. The van der Waals surface area contributed by atoms with Crippen molar-refractivity contribution in [2.75, 3.05) is 56.5 Å². The van der Waals surface area contributed by atoms with Crippen LogP contribution in [0.3, 0.4) is 0 Å². The molecule has 0 aliphatic carbocycles. The molecule has 0 saturated carbocycles. The molecule has 0 spiro atoms. The van der Waals surface area contributed by atoms with E-state index in [-0.39, 0.29) is 11.8 Å². The Labute approximate surface area is 210 Å². The van der Waals surface area contributed by atoms with Crippen LogP contribution in [-0.2, 0) is 11.2 Å². The van der Waals surface area contributed by atoms with Gasteiger partial charge in [0.25, 0.3) is 5.91 Å². The number of hydrogen-bond acceptors (Lipinski definition) is 6. The Morgan fingerprint density at radius 1 is 1.03 bits per heavy atom. The van der Waals surface area contributed by atoms with Gasteiger partial charge in [0.2, 0.25) is 5.91 Å². The van der Waals surface area contributed by atoms with Crippen molar-refractivity contribution in [2.45, 2.75) is 20.3 Å². The van der Waals surface area contributed by atoms with Gasteiger partial charge in [-0.25, -0.2) is 4.98 Å². The summed E-state index contributed by atoms with van der Waals surface area (Å²) in [6, 6.07) is 13.9. The number of benzene rings is 2. The van der Waals surface area contributed by atoms with Crippen molar-refractivity contribution >= 4 is 34.0 Å². The summed E-state index contributed by atoms with van der Waals surface area (Å²) in [6.07, 6.45) is 0.818. The van der Waals surface area contributed by atoms with Crippen molar-refractivity contribution in [2.24, 2.45) is 0 Å². The first kappa shape index (κ1) is 23.7. The van der Waals surface area contributed by atoms with Gasteiger partial charge in [0, 0.05) is 54.4 Å². The van der Waals surface area contributed by atoms with Gasteiger partial charge in [0.05, 0.1) is 12.2 Å². The van der Waals surface area contributed by atoms with Crippen molar-refractivity contribution in [3.63, 3.8) is 0 Å². The van der Waals surface area contributed by atoms with E-state index in [9.17, 15) is 9.59 Å². The zero-order valence-corrected chi connectivity index (χ0v) is 21.3. The van der Waals surface area contributed by atoms with Gasteiger partial charge in [-0.2, -0.15) is 0 Å². The quantitative estimate of drug-likeness (QED) is 0.590. The highest BCUT2D eigenvalue weighted by Crippen LogP contribution is 2.36. The van der Waals surface area contributed by atoms with Crippen LogP contribution >= 0.6 is 11.3 Å². The molecule has 0 atom stereocenters. The van der Waals surface area contributed by atoms with Gasteiger partial charge in [0.15, 0.2) is 5.13 Å². The molecule has 182 valence electrons. The summed E-state index contributed by atoms with van der Waals surface area (Å²) in [6.45, 7) is 8.86. The summed E-state index contributed by atoms with van der Waals surface area (Å²) in [4.78, 5) is 37.9. The number of amides is 2. The van der Waals surface area contributed by atoms with Gasteiger partial charge in [0.1, 0.15) is 0 Å². The number of anilines is 2. The van der Waals surface area contributed by atoms with E-state index in [4.69, 9.17) is 4.98 Å². The molecule has 1 N–H and O–H groups in total. The van der Waals surface area contributed by atoms with Crippen LogP contribution in [0.5, 0.6) is 0 Å². The van der Waals surface area contributed by atoms with Gasteiger partial charge in [-0.15, -0.1) is 11.3 Å². The number of thiazole rings is 1. The Kier molecular flexibility index (Phi) is 6.69. The maximum atomic E-state index is 13.2. The lowest BCUT2D eigenvalue weighted by Crippen LogP contribution is -2.47. The number of piperazine rings is 1. The van der Waals surface area contributed by atoms with Crippen molar-refractivity contribution in [3.8, 4) is 11.3 Å². The average molecular weight is 490 g/mol. The molecule has 1 saturated heterocycles. The third-order valence-corrected chi connectivity index (χ3v) is 7.76. The second kappa shape index (κ2) is 9.89. The largest absolute Gasteiger partial charge is 0.308 e. The Bertz CT molecular complexity index is 1260. The molecule has 8 heteroatoms. The van der Waals surface area contributed by atoms with Crippen LogP contribution in [0.25, 0.3) is 11.3 Å². The number of likely N-dealkylation sites (N-methyl/N-ethyl adjacent to an activating group) is 1. The number of rotatable bonds is 5. The number of aromatic nitrogens is 1. The molecular weight excluding hydrogens is 458 g/mol. The summed E-state index contributed by atoms with van der Waals surface area (Å²) in [5.41, 5.74) is 5.76. The molecule has 2 aliphatic rings. The zero-order chi connectivity index (χ0) is 24.5. The lowest BCUT2D eigenvalue weighted by molar-refractivity contribution is -0.117. The molecule has 35 heavy (non-hydrogen) atoms. The fourth-order valence-corrected chi connectivity index (χ4v) is 5.66. The van der Waals surface area contributed by atoms with Gasteiger partial charge >= 0.3 is 0 Å². The summed E-state index contributed by atoms with van der Waals surface area (Å²) >= 11 is 1.50. The zero-order valence-electron chi connectivity index (χ0n) is 20.5. The molecule has 7 nitrogen and oxygen atoms in total. The number of hydrogen-bond donors (Lipinski definition) is 1. The van der Waals surface area contributed by atoms with Crippen LogP contribution in [0.4, 0.5) is 10.8 Å². The van der Waals surface area contributed by atoms with E-state index < -0.39 is 0 Å². The lowest BCUT2D eigenvalue weighted by Gasteiger charge is -2.31. The van der Waals surface area contributed by atoms with Crippen LogP contribution in [0.1, 0.15) is 26.4 Å². The van der Waals surface area contributed by atoms with E-state index in [0.29, 0.717) is 18.2 Å². The van der Waals surface area contributed by atoms with Crippen molar-refractivity contribution < 1.29 is 9.59 Å². The maximum Gasteiger partial charge on any atom is 0.258 e. The molecule has 0 radical (unpaired) electrons. The first-order chi connectivity index (χ1) is 16.9. The second-order valence-electron chi connectivity index (χ2n) is 9.42. The minimum atomic E-state index is -0.0193. The number of nitrogens with zero attached hydrogens (tertiary/aromatic N) is 4. The molecule has 2 aromatic carbocycles. The van der Waals surface area contributed by atoms with Crippen LogP contribution in [0.2, 0.25) is 0 Å². The predicted molar refractivity (Wildman–Crippen MR) is 141 cm³/mol. The number of carbonyl (C=O) groups excluding carboxylic acids is 2. The summed E-state index contributed by atoms with van der Waals surface area (Å²) in [7, 11) is 2.11. The predicted octanol–water partition coefficient (Wildman–Crippen LogP) is 3.82. The fourth-order valence-electron chi connectivity index (χ4n) is 4.80. The molecule has 5 rings (SSSR count). The van der Waals surface area contributed by atoms with Crippen LogP contribution < -0.4 is 10.2 Å². The lowest BCUT2D eigenvalue weighted by atomic mass is 10.0. The molecular formula is C27H31N5O2S. The molecule has 0 unspecified atom stereocenters.